The minimum atomic E-state index is -0.260. The standard InChI is InChI=1S/C6H13O2P.ClH/c1-4-8-6(5-7)9(2)3;/h5-6H,4H2,1-3H3;1H. The molecule has 62 valence electrons. The number of hydrogen-bond acceptors (Lipinski definition) is 2. The third-order valence-electron chi connectivity index (χ3n) is 0.963. The summed E-state index contributed by atoms with van der Waals surface area (Å²) in [5.41, 5.74) is 0. The minimum Gasteiger partial charge on any atom is -0.367 e. The smallest absolute Gasteiger partial charge is 0.153 e. The van der Waals surface area contributed by atoms with Crippen molar-refractivity contribution in [2.45, 2.75) is 12.8 Å². The van der Waals surface area contributed by atoms with Crippen molar-refractivity contribution >= 4 is 26.6 Å². The molecule has 2 nitrogen and oxygen atoms in total. The Labute approximate surface area is 69.5 Å². The van der Waals surface area contributed by atoms with Gasteiger partial charge in [0.15, 0.2) is 6.29 Å². The number of carbonyl (C=O) groups excluding carboxylic acids is 1. The number of ether oxygens (including phenoxy) is 1. The van der Waals surface area contributed by atoms with Gasteiger partial charge in [0.2, 0.25) is 0 Å². The van der Waals surface area contributed by atoms with Gasteiger partial charge in [0.1, 0.15) is 5.85 Å². The summed E-state index contributed by atoms with van der Waals surface area (Å²) in [6.45, 7) is 6.59. The maximum Gasteiger partial charge on any atom is 0.153 e. The second-order valence-corrected chi connectivity index (χ2v) is 4.38. The van der Waals surface area contributed by atoms with Crippen LogP contribution in [0.1, 0.15) is 6.92 Å². The summed E-state index contributed by atoms with van der Waals surface area (Å²) < 4.78 is 5.11. The summed E-state index contributed by atoms with van der Waals surface area (Å²) in [7, 11) is -0.260. The van der Waals surface area contributed by atoms with Gasteiger partial charge >= 0.3 is 0 Å². The van der Waals surface area contributed by atoms with Crippen molar-refractivity contribution in [2.75, 3.05) is 19.9 Å². The summed E-state index contributed by atoms with van der Waals surface area (Å²) in [6, 6.07) is 0. The first-order valence-corrected chi connectivity index (χ1v) is 5.26. The van der Waals surface area contributed by atoms with Gasteiger partial charge in [0, 0.05) is 6.61 Å². The second-order valence-electron chi connectivity index (χ2n) is 1.95. The van der Waals surface area contributed by atoms with Crippen molar-refractivity contribution in [3.8, 4) is 0 Å². The molecule has 0 rings (SSSR count). The van der Waals surface area contributed by atoms with E-state index in [0.717, 1.165) is 6.29 Å². The first kappa shape index (κ1) is 13.0. The third kappa shape index (κ3) is 5.16. The summed E-state index contributed by atoms with van der Waals surface area (Å²) in [5, 5.41) is 0. The molecule has 0 bridgehead atoms. The number of halogens is 1. The van der Waals surface area contributed by atoms with Crippen LogP contribution in [-0.4, -0.2) is 32.1 Å². The topological polar surface area (TPSA) is 26.3 Å². The lowest BCUT2D eigenvalue weighted by molar-refractivity contribution is -0.113. The zero-order chi connectivity index (χ0) is 7.28. The van der Waals surface area contributed by atoms with Crippen LogP contribution in [0, 0.1) is 0 Å². The number of carbonyl (C=O) groups is 1. The van der Waals surface area contributed by atoms with Crippen molar-refractivity contribution in [2.24, 2.45) is 0 Å². The van der Waals surface area contributed by atoms with Crippen LogP contribution in [0.5, 0.6) is 0 Å². The van der Waals surface area contributed by atoms with E-state index in [9.17, 15) is 4.79 Å². The van der Waals surface area contributed by atoms with E-state index >= 15 is 0 Å². The highest BCUT2D eigenvalue weighted by Gasteiger charge is 2.09. The van der Waals surface area contributed by atoms with Gasteiger partial charge in [-0.2, -0.15) is 0 Å². The lowest BCUT2D eigenvalue weighted by Gasteiger charge is -2.13. The predicted octanol–water partition coefficient (Wildman–Crippen LogP) is 1.71. The van der Waals surface area contributed by atoms with E-state index in [1.807, 2.05) is 20.3 Å². The molecular formula is C6H14ClO2P. The number of aldehydes is 1. The first-order valence-electron chi connectivity index (χ1n) is 2.95. The molecule has 4 heteroatoms. The third-order valence-corrected chi connectivity index (χ3v) is 2.25. The van der Waals surface area contributed by atoms with E-state index in [0.29, 0.717) is 6.61 Å². The van der Waals surface area contributed by atoms with Crippen LogP contribution in [-0.2, 0) is 9.53 Å². The Balaban J connectivity index is 0. The van der Waals surface area contributed by atoms with E-state index in [-0.39, 0.29) is 26.2 Å². The fourth-order valence-corrected chi connectivity index (χ4v) is 1.17. The van der Waals surface area contributed by atoms with Crippen molar-refractivity contribution in [3.63, 3.8) is 0 Å². The monoisotopic (exact) mass is 184 g/mol. The van der Waals surface area contributed by atoms with E-state index in [1.165, 1.54) is 0 Å². The van der Waals surface area contributed by atoms with Gasteiger partial charge in [-0.05, 0) is 20.3 Å². The van der Waals surface area contributed by atoms with Gasteiger partial charge in [0.05, 0.1) is 0 Å². The van der Waals surface area contributed by atoms with Crippen LogP contribution in [0.3, 0.4) is 0 Å². The Morgan fingerprint density at radius 2 is 2.10 bits per heavy atom. The Morgan fingerprint density at radius 1 is 1.60 bits per heavy atom. The molecule has 1 unspecified atom stereocenters. The van der Waals surface area contributed by atoms with Gasteiger partial charge in [-0.25, -0.2) is 0 Å². The van der Waals surface area contributed by atoms with E-state index in [2.05, 4.69) is 0 Å². The molecule has 0 aromatic rings. The maximum atomic E-state index is 10.2. The zero-order valence-corrected chi connectivity index (χ0v) is 8.24. The molecule has 0 aromatic carbocycles. The minimum absolute atomic E-state index is 0. The summed E-state index contributed by atoms with van der Waals surface area (Å²) in [6.07, 6.45) is 0.884. The molecule has 0 aliphatic carbocycles. The van der Waals surface area contributed by atoms with Crippen LogP contribution < -0.4 is 0 Å². The summed E-state index contributed by atoms with van der Waals surface area (Å²) in [5.74, 6) is -0.148. The number of hydrogen-bond donors (Lipinski definition) is 0. The van der Waals surface area contributed by atoms with Crippen molar-refractivity contribution < 1.29 is 9.53 Å². The SMILES string of the molecule is CCOC(C=O)P(C)C.Cl. The van der Waals surface area contributed by atoms with Crippen LogP contribution in [0.25, 0.3) is 0 Å². The molecule has 0 aliphatic rings. The van der Waals surface area contributed by atoms with E-state index in [4.69, 9.17) is 4.74 Å². The largest absolute Gasteiger partial charge is 0.367 e. The van der Waals surface area contributed by atoms with Crippen LogP contribution in [0.4, 0.5) is 0 Å². The Morgan fingerprint density at radius 3 is 2.20 bits per heavy atom. The fraction of sp³-hybridized carbons (Fsp3) is 0.833. The fourth-order valence-electron chi connectivity index (χ4n) is 0.481. The lowest BCUT2D eigenvalue weighted by atomic mass is 10.8. The Hall–Kier alpha value is 0.350. The van der Waals surface area contributed by atoms with Gasteiger partial charge < -0.3 is 9.53 Å². The molecule has 1 atom stereocenters. The second kappa shape index (κ2) is 7.46. The molecule has 0 amide bonds. The normalized spacial score (nSPS) is 12.4. The van der Waals surface area contributed by atoms with Crippen molar-refractivity contribution in [1.82, 2.24) is 0 Å². The Kier molecular flexibility index (Phi) is 9.68. The quantitative estimate of drug-likeness (QED) is 0.491. The molecule has 0 saturated carbocycles. The molecule has 0 spiro atoms. The molecule has 0 radical (unpaired) electrons. The van der Waals surface area contributed by atoms with Gasteiger partial charge in [0.25, 0.3) is 0 Å². The number of rotatable bonds is 4. The molecule has 10 heavy (non-hydrogen) atoms. The Bertz CT molecular complexity index is 87.8. The average Bonchev–Trinajstić information content (AvgIpc) is 1.82. The van der Waals surface area contributed by atoms with E-state index < -0.39 is 0 Å². The van der Waals surface area contributed by atoms with Crippen molar-refractivity contribution in [3.05, 3.63) is 0 Å². The van der Waals surface area contributed by atoms with E-state index in [1.54, 1.807) is 0 Å². The maximum absolute atomic E-state index is 10.2. The van der Waals surface area contributed by atoms with Crippen molar-refractivity contribution in [1.29, 1.82) is 0 Å². The van der Waals surface area contributed by atoms with Gasteiger partial charge in [-0.1, -0.05) is 7.92 Å². The average molecular weight is 185 g/mol. The first-order chi connectivity index (χ1) is 4.22. The van der Waals surface area contributed by atoms with Crippen LogP contribution in [0.15, 0.2) is 0 Å². The summed E-state index contributed by atoms with van der Waals surface area (Å²) in [4.78, 5) is 10.2. The van der Waals surface area contributed by atoms with Gasteiger partial charge in [-0.3, -0.25) is 0 Å². The highest BCUT2D eigenvalue weighted by Crippen LogP contribution is 2.31. The molecule has 0 fully saturated rings. The predicted molar refractivity (Wildman–Crippen MR) is 47.5 cm³/mol. The van der Waals surface area contributed by atoms with Crippen LogP contribution >= 0.6 is 20.3 Å². The highest BCUT2D eigenvalue weighted by molar-refractivity contribution is 7.57. The molecule has 0 heterocycles. The molecule has 0 aromatic heterocycles. The molecule has 0 aliphatic heterocycles. The molecule has 0 N–H and O–H groups in total. The molecular weight excluding hydrogens is 170 g/mol. The molecule has 0 saturated heterocycles. The summed E-state index contributed by atoms with van der Waals surface area (Å²) >= 11 is 0. The van der Waals surface area contributed by atoms with Crippen LogP contribution in [0.2, 0.25) is 0 Å². The highest BCUT2D eigenvalue weighted by atomic mass is 35.5. The zero-order valence-electron chi connectivity index (χ0n) is 6.53. The van der Waals surface area contributed by atoms with Gasteiger partial charge in [-0.15, -0.1) is 12.4 Å². The lowest BCUT2D eigenvalue weighted by Crippen LogP contribution is -2.10.